The third kappa shape index (κ3) is 3.34. The Labute approximate surface area is 116 Å². The van der Waals surface area contributed by atoms with Crippen LogP contribution in [0.15, 0.2) is 27.6 Å². The molecule has 2 rings (SSSR count). The summed E-state index contributed by atoms with van der Waals surface area (Å²) >= 11 is 5.10. The molecule has 2 aromatic rings. The van der Waals surface area contributed by atoms with Crippen LogP contribution in [-0.4, -0.2) is 21.0 Å². The van der Waals surface area contributed by atoms with Crippen molar-refractivity contribution in [3.05, 3.63) is 44.6 Å². The van der Waals surface area contributed by atoms with E-state index in [9.17, 15) is 4.79 Å². The van der Waals surface area contributed by atoms with E-state index in [0.717, 1.165) is 10.3 Å². The summed E-state index contributed by atoms with van der Waals surface area (Å²) in [5.74, 6) is -1.07. The summed E-state index contributed by atoms with van der Waals surface area (Å²) in [6.07, 6.45) is 2.74. The van der Waals surface area contributed by atoms with Crippen molar-refractivity contribution in [2.75, 3.05) is 0 Å². The van der Waals surface area contributed by atoms with Gasteiger partial charge in [-0.2, -0.15) is 0 Å². The van der Waals surface area contributed by atoms with Crippen molar-refractivity contribution in [1.29, 1.82) is 0 Å². The Morgan fingerprint density at radius 2 is 2.22 bits per heavy atom. The maximum atomic E-state index is 10.6. The second-order valence-electron chi connectivity index (χ2n) is 3.52. The zero-order chi connectivity index (χ0) is 13.0. The largest absolute Gasteiger partial charge is 0.476 e. The van der Waals surface area contributed by atoms with E-state index in [2.05, 4.69) is 31.2 Å². The molecule has 2 aromatic heterocycles. The molecule has 0 bridgehead atoms. The van der Waals surface area contributed by atoms with E-state index in [1.54, 1.807) is 11.3 Å². The fourth-order valence-electron chi connectivity index (χ4n) is 1.33. The van der Waals surface area contributed by atoms with Gasteiger partial charge in [-0.15, -0.1) is 11.3 Å². The molecule has 0 saturated heterocycles. The number of rotatable bonds is 5. The second-order valence-corrected chi connectivity index (χ2v) is 5.76. The lowest BCUT2D eigenvalue weighted by Crippen LogP contribution is -2.14. The van der Waals surface area contributed by atoms with E-state index >= 15 is 0 Å². The summed E-state index contributed by atoms with van der Waals surface area (Å²) < 4.78 is 1.11. The molecular formula is C11H10BrN3O2S. The number of carboxylic acids is 1. The average Bonchev–Trinajstić information content (AvgIpc) is 2.76. The van der Waals surface area contributed by atoms with Crippen LogP contribution in [0.4, 0.5) is 0 Å². The Bertz CT molecular complexity index is 541. The normalized spacial score (nSPS) is 10.5. The number of hydrogen-bond acceptors (Lipinski definition) is 5. The van der Waals surface area contributed by atoms with Crippen molar-refractivity contribution >= 4 is 33.2 Å². The number of carboxylic acid groups (broad SMARTS) is 1. The number of halogens is 1. The zero-order valence-electron chi connectivity index (χ0n) is 9.26. The zero-order valence-corrected chi connectivity index (χ0v) is 11.7. The van der Waals surface area contributed by atoms with Crippen molar-refractivity contribution < 1.29 is 9.90 Å². The van der Waals surface area contributed by atoms with Crippen LogP contribution < -0.4 is 5.32 Å². The molecule has 0 unspecified atom stereocenters. The molecule has 2 N–H and O–H groups in total. The van der Waals surface area contributed by atoms with E-state index in [-0.39, 0.29) is 5.69 Å². The summed E-state index contributed by atoms with van der Waals surface area (Å²) in [7, 11) is 0. The highest BCUT2D eigenvalue weighted by atomic mass is 79.9. The minimum atomic E-state index is -1.07. The third-order valence-electron chi connectivity index (χ3n) is 2.24. The summed E-state index contributed by atoms with van der Waals surface area (Å²) in [5.41, 5.74) is 1.86. The average molecular weight is 328 g/mol. The number of aromatic nitrogens is 2. The minimum Gasteiger partial charge on any atom is -0.476 e. The van der Waals surface area contributed by atoms with E-state index in [0.29, 0.717) is 12.2 Å². The fourth-order valence-corrected chi connectivity index (χ4v) is 2.57. The van der Waals surface area contributed by atoms with Gasteiger partial charge >= 0.3 is 5.97 Å². The first-order valence-corrected chi connectivity index (χ1v) is 6.81. The quantitative estimate of drug-likeness (QED) is 0.881. The highest BCUT2D eigenvalue weighted by Crippen LogP contribution is 2.22. The molecule has 0 aliphatic carbocycles. The summed E-state index contributed by atoms with van der Waals surface area (Å²) in [5, 5.41) is 13.9. The van der Waals surface area contributed by atoms with Gasteiger partial charge in [0.1, 0.15) is 0 Å². The van der Waals surface area contributed by atoms with Gasteiger partial charge < -0.3 is 10.4 Å². The van der Waals surface area contributed by atoms with Crippen molar-refractivity contribution in [2.24, 2.45) is 0 Å². The van der Waals surface area contributed by atoms with Gasteiger partial charge in [0.25, 0.3) is 0 Å². The first kappa shape index (κ1) is 13.1. The molecule has 0 aliphatic heterocycles. The molecule has 0 aromatic carbocycles. The number of hydrogen-bond donors (Lipinski definition) is 2. The van der Waals surface area contributed by atoms with E-state index in [1.165, 1.54) is 18.0 Å². The van der Waals surface area contributed by atoms with Crippen LogP contribution in [0.2, 0.25) is 0 Å². The van der Waals surface area contributed by atoms with Gasteiger partial charge in [-0.1, -0.05) is 0 Å². The van der Waals surface area contributed by atoms with Crippen LogP contribution in [0.1, 0.15) is 21.7 Å². The summed E-state index contributed by atoms with van der Waals surface area (Å²) in [6.45, 7) is 1.28. The van der Waals surface area contributed by atoms with Gasteiger partial charge in [0, 0.05) is 13.1 Å². The van der Waals surface area contributed by atoms with Crippen LogP contribution in [0, 0.1) is 0 Å². The number of nitrogens with zero attached hydrogens (tertiary/aromatic N) is 2. The topological polar surface area (TPSA) is 75.1 Å². The lowest BCUT2D eigenvalue weighted by molar-refractivity contribution is 0.0690. The Kier molecular flexibility index (Phi) is 4.40. The van der Waals surface area contributed by atoms with E-state index in [1.807, 2.05) is 11.4 Å². The van der Waals surface area contributed by atoms with Gasteiger partial charge in [0.2, 0.25) is 0 Å². The summed E-state index contributed by atoms with van der Waals surface area (Å²) in [6, 6.07) is 2.04. The predicted molar refractivity (Wildman–Crippen MR) is 71.6 cm³/mol. The van der Waals surface area contributed by atoms with Crippen molar-refractivity contribution in [2.45, 2.75) is 13.1 Å². The second kappa shape index (κ2) is 6.03. The van der Waals surface area contributed by atoms with Crippen LogP contribution in [0.3, 0.4) is 0 Å². The molecule has 0 fully saturated rings. The number of thiophene rings is 1. The summed E-state index contributed by atoms with van der Waals surface area (Å²) in [4.78, 5) is 18.4. The predicted octanol–water partition coefficient (Wildman–Crippen LogP) is 2.29. The van der Waals surface area contributed by atoms with Gasteiger partial charge in [0.15, 0.2) is 5.69 Å². The molecule has 0 amide bonds. The van der Waals surface area contributed by atoms with E-state index in [4.69, 9.17) is 5.11 Å². The molecule has 5 nitrogen and oxygen atoms in total. The van der Waals surface area contributed by atoms with Crippen LogP contribution >= 0.6 is 27.3 Å². The van der Waals surface area contributed by atoms with Gasteiger partial charge in [0.05, 0.1) is 21.9 Å². The molecule has 94 valence electrons. The molecule has 0 radical (unpaired) electrons. The third-order valence-corrected chi connectivity index (χ3v) is 4.05. The van der Waals surface area contributed by atoms with Crippen molar-refractivity contribution in [3.8, 4) is 0 Å². The molecule has 7 heteroatoms. The van der Waals surface area contributed by atoms with Crippen LogP contribution in [0.5, 0.6) is 0 Å². The first-order valence-electron chi connectivity index (χ1n) is 5.13. The molecule has 0 aliphatic rings. The lowest BCUT2D eigenvalue weighted by atomic mass is 10.3. The van der Waals surface area contributed by atoms with Crippen LogP contribution in [-0.2, 0) is 13.1 Å². The maximum absolute atomic E-state index is 10.6. The SMILES string of the molecule is O=C(O)c1cnc(CNCc2ccsc2Br)cn1. The van der Waals surface area contributed by atoms with Gasteiger partial charge in [-0.3, -0.25) is 4.98 Å². The van der Waals surface area contributed by atoms with Gasteiger partial charge in [-0.05, 0) is 32.9 Å². The van der Waals surface area contributed by atoms with Crippen LogP contribution in [0.25, 0.3) is 0 Å². The van der Waals surface area contributed by atoms with Gasteiger partial charge in [-0.25, -0.2) is 9.78 Å². The Balaban J connectivity index is 1.87. The Morgan fingerprint density at radius 3 is 2.78 bits per heavy atom. The van der Waals surface area contributed by atoms with E-state index < -0.39 is 5.97 Å². The monoisotopic (exact) mass is 327 g/mol. The first-order chi connectivity index (χ1) is 8.66. The maximum Gasteiger partial charge on any atom is 0.356 e. The number of nitrogens with one attached hydrogen (secondary N) is 1. The van der Waals surface area contributed by atoms with Crippen molar-refractivity contribution in [1.82, 2.24) is 15.3 Å². The smallest absolute Gasteiger partial charge is 0.356 e. The molecule has 0 spiro atoms. The highest BCUT2D eigenvalue weighted by molar-refractivity contribution is 9.11. The molecule has 0 atom stereocenters. The fraction of sp³-hybridized carbons (Fsp3) is 0.182. The molecule has 18 heavy (non-hydrogen) atoms. The Morgan fingerprint density at radius 1 is 1.39 bits per heavy atom. The standard InChI is InChI=1S/C11H10BrN3O2S/c12-10-7(1-2-18-10)3-13-4-8-5-15-9(6-14-8)11(16)17/h1-2,5-6,13H,3-4H2,(H,16,17). The highest BCUT2D eigenvalue weighted by Gasteiger charge is 2.05. The lowest BCUT2D eigenvalue weighted by Gasteiger charge is -2.03. The minimum absolute atomic E-state index is 0.0423. The molecule has 2 heterocycles. The number of carbonyl (C=O) groups is 1. The Hall–Kier alpha value is -1.31. The number of aromatic carboxylic acids is 1. The molecule has 0 saturated carbocycles. The molecular weight excluding hydrogens is 318 g/mol. The van der Waals surface area contributed by atoms with Crippen molar-refractivity contribution in [3.63, 3.8) is 0 Å².